The molecule has 0 N–H and O–H groups in total. The van der Waals surface area contributed by atoms with Crippen molar-refractivity contribution in [3.05, 3.63) is 11.1 Å². The molecule has 0 bridgehead atoms. The first-order valence-electron chi connectivity index (χ1n) is 4.10. The predicted octanol–water partition coefficient (Wildman–Crippen LogP) is 1.63. The fourth-order valence-electron chi connectivity index (χ4n) is 0.794. The molecule has 6 heteroatoms. The van der Waals surface area contributed by atoms with Crippen LogP contribution in [0.25, 0.3) is 0 Å². The zero-order chi connectivity index (χ0) is 10.8. The predicted molar refractivity (Wildman–Crippen MR) is 56.8 cm³/mol. The van der Waals surface area contributed by atoms with Crippen LogP contribution >= 0.6 is 23.1 Å². The van der Waals surface area contributed by atoms with Crippen molar-refractivity contribution in [2.75, 3.05) is 12.9 Å². The molecule has 0 unspecified atom stereocenters. The maximum atomic E-state index is 11.8. The lowest BCUT2D eigenvalue weighted by molar-refractivity contribution is 0.0654. The van der Waals surface area contributed by atoms with E-state index in [0.717, 1.165) is 11.5 Å². The standard InChI is InChI=1S/C8H12ClN3OS/c1-8(2,5-9)12(3)7(13)6-4-14-11-10-6/h4H,5H2,1-3H3. The molecule has 0 atom stereocenters. The summed E-state index contributed by atoms with van der Waals surface area (Å²) in [4.78, 5) is 13.4. The van der Waals surface area contributed by atoms with Crippen LogP contribution in [0.1, 0.15) is 24.3 Å². The van der Waals surface area contributed by atoms with Crippen molar-refractivity contribution in [2.24, 2.45) is 0 Å². The fourth-order valence-corrected chi connectivity index (χ4v) is 1.40. The van der Waals surface area contributed by atoms with Gasteiger partial charge in [-0.25, -0.2) is 0 Å². The van der Waals surface area contributed by atoms with Crippen molar-refractivity contribution in [2.45, 2.75) is 19.4 Å². The van der Waals surface area contributed by atoms with Gasteiger partial charge in [0.05, 0.1) is 5.54 Å². The minimum Gasteiger partial charge on any atom is -0.334 e. The van der Waals surface area contributed by atoms with Crippen molar-refractivity contribution < 1.29 is 4.79 Å². The lowest BCUT2D eigenvalue weighted by Gasteiger charge is -2.33. The summed E-state index contributed by atoms with van der Waals surface area (Å²) in [6, 6.07) is 0. The highest BCUT2D eigenvalue weighted by molar-refractivity contribution is 7.03. The van der Waals surface area contributed by atoms with Gasteiger partial charge in [0, 0.05) is 18.3 Å². The first-order chi connectivity index (χ1) is 6.49. The molecule has 0 saturated carbocycles. The molecule has 0 fully saturated rings. The van der Waals surface area contributed by atoms with Gasteiger partial charge in [0.25, 0.3) is 5.91 Å². The fraction of sp³-hybridized carbons (Fsp3) is 0.625. The normalized spacial score (nSPS) is 11.4. The van der Waals surface area contributed by atoms with Crippen LogP contribution in [-0.2, 0) is 0 Å². The van der Waals surface area contributed by atoms with E-state index in [2.05, 4.69) is 9.59 Å². The highest BCUT2D eigenvalue weighted by Crippen LogP contribution is 2.16. The summed E-state index contributed by atoms with van der Waals surface area (Å²) in [7, 11) is 1.71. The Morgan fingerprint density at radius 1 is 1.71 bits per heavy atom. The zero-order valence-electron chi connectivity index (χ0n) is 8.32. The van der Waals surface area contributed by atoms with E-state index < -0.39 is 0 Å². The molecule has 0 aliphatic heterocycles. The van der Waals surface area contributed by atoms with Crippen molar-refractivity contribution in [1.29, 1.82) is 0 Å². The summed E-state index contributed by atoms with van der Waals surface area (Å²) in [5.74, 6) is 0.233. The lowest BCUT2D eigenvalue weighted by atomic mass is 10.1. The Kier molecular flexibility index (Phi) is 3.44. The maximum absolute atomic E-state index is 11.8. The largest absolute Gasteiger partial charge is 0.334 e. The summed E-state index contributed by atoms with van der Waals surface area (Å²) >= 11 is 6.93. The maximum Gasteiger partial charge on any atom is 0.275 e. The average Bonchev–Trinajstić information content (AvgIpc) is 2.68. The van der Waals surface area contributed by atoms with Crippen molar-refractivity contribution in [3.8, 4) is 0 Å². The molecule has 78 valence electrons. The number of rotatable bonds is 3. The van der Waals surface area contributed by atoms with E-state index in [1.165, 1.54) is 0 Å². The highest BCUT2D eigenvalue weighted by atomic mass is 35.5. The van der Waals surface area contributed by atoms with Crippen LogP contribution in [0, 0.1) is 0 Å². The minimum atomic E-state index is -0.373. The second kappa shape index (κ2) is 4.23. The molecule has 14 heavy (non-hydrogen) atoms. The third-order valence-electron chi connectivity index (χ3n) is 2.12. The van der Waals surface area contributed by atoms with Gasteiger partial charge in [-0.1, -0.05) is 4.49 Å². The number of amides is 1. The van der Waals surface area contributed by atoms with Crippen LogP contribution in [0.5, 0.6) is 0 Å². The van der Waals surface area contributed by atoms with Crippen LogP contribution < -0.4 is 0 Å². The van der Waals surface area contributed by atoms with Crippen LogP contribution in [0.4, 0.5) is 0 Å². The summed E-state index contributed by atoms with van der Waals surface area (Å²) in [5, 5.41) is 5.35. The van der Waals surface area contributed by atoms with E-state index in [9.17, 15) is 4.79 Å². The number of hydrogen-bond acceptors (Lipinski definition) is 4. The first-order valence-corrected chi connectivity index (χ1v) is 5.47. The second-order valence-corrected chi connectivity index (χ2v) is 4.48. The van der Waals surface area contributed by atoms with Gasteiger partial charge in [0.15, 0.2) is 5.69 Å². The number of nitrogens with zero attached hydrogens (tertiary/aromatic N) is 3. The smallest absolute Gasteiger partial charge is 0.275 e. The molecule has 1 heterocycles. The van der Waals surface area contributed by atoms with Gasteiger partial charge in [0.2, 0.25) is 0 Å². The molecule has 1 rings (SSSR count). The summed E-state index contributed by atoms with van der Waals surface area (Å²) in [6.45, 7) is 3.80. The Balaban J connectivity index is 2.81. The molecule has 0 aliphatic rings. The molecular weight excluding hydrogens is 222 g/mol. The second-order valence-electron chi connectivity index (χ2n) is 3.60. The summed E-state index contributed by atoms with van der Waals surface area (Å²) < 4.78 is 3.64. The first kappa shape index (κ1) is 11.4. The lowest BCUT2D eigenvalue weighted by Crippen LogP contribution is -2.46. The van der Waals surface area contributed by atoms with Gasteiger partial charge in [-0.05, 0) is 25.4 Å². The molecule has 0 aliphatic carbocycles. The summed E-state index contributed by atoms with van der Waals surface area (Å²) in [5.41, 5.74) is -0.00175. The molecule has 1 amide bonds. The van der Waals surface area contributed by atoms with Gasteiger partial charge < -0.3 is 4.90 Å². The number of alkyl halides is 1. The van der Waals surface area contributed by atoms with Crippen molar-refractivity contribution in [3.63, 3.8) is 0 Å². The molecule has 1 aromatic rings. The number of carbonyl (C=O) groups excluding carboxylic acids is 1. The number of aromatic nitrogens is 2. The SMILES string of the molecule is CN(C(=O)c1csnn1)C(C)(C)CCl. The third-order valence-corrected chi connectivity index (χ3v) is 3.28. The van der Waals surface area contributed by atoms with Gasteiger partial charge in [0.1, 0.15) is 0 Å². The van der Waals surface area contributed by atoms with Gasteiger partial charge in [-0.3, -0.25) is 4.79 Å². The number of carbonyl (C=O) groups is 1. The average molecular weight is 234 g/mol. The van der Waals surface area contributed by atoms with Gasteiger partial charge in [-0.2, -0.15) is 0 Å². The van der Waals surface area contributed by atoms with Crippen LogP contribution in [0.2, 0.25) is 0 Å². The molecule has 1 aromatic heterocycles. The Labute approximate surface area is 92.0 Å². The Hall–Kier alpha value is -0.680. The van der Waals surface area contributed by atoms with E-state index in [-0.39, 0.29) is 11.4 Å². The number of halogens is 1. The Morgan fingerprint density at radius 2 is 2.36 bits per heavy atom. The van der Waals surface area contributed by atoms with E-state index >= 15 is 0 Å². The van der Waals surface area contributed by atoms with E-state index in [4.69, 9.17) is 11.6 Å². The van der Waals surface area contributed by atoms with E-state index in [1.54, 1.807) is 17.3 Å². The Bertz CT molecular complexity index is 312. The molecule has 0 aromatic carbocycles. The minimum absolute atomic E-state index is 0.149. The third kappa shape index (κ3) is 2.22. The quantitative estimate of drug-likeness (QED) is 0.746. The van der Waals surface area contributed by atoms with Crippen LogP contribution in [0.3, 0.4) is 0 Å². The summed E-state index contributed by atoms with van der Waals surface area (Å²) in [6.07, 6.45) is 0. The number of hydrogen-bond donors (Lipinski definition) is 0. The van der Waals surface area contributed by atoms with E-state index in [1.807, 2.05) is 13.8 Å². The van der Waals surface area contributed by atoms with Crippen molar-refractivity contribution >= 4 is 29.0 Å². The van der Waals surface area contributed by atoms with E-state index in [0.29, 0.717) is 11.6 Å². The van der Waals surface area contributed by atoms with Crippen molar-refractivity contribution in [1.82, 2.24) is 14.5 Å². The topological polar surface area (TPSA) is 46.1 Å². The molecule has 4 nitrogen and oxygen atoms in total. The highest BCUT2D eigenvalue weighted by Gasteiger charge is 2.28. The molecular formula is C8H12ClN3OS. The van der Waals surface area contributed by atoms with Crippen LogP contribution in [-0.4, -0.2) is 38.9 Å². The molecule has 0 saturated heterocycles. The van der Waals surface area contributed by atoms with Crippen LogP contribution in [0.15, 0.2) is 5.38 Å². The zero-order valence-corrected chi connectivity index (χ0v) is 9.89. The Morgan fingerprint density at radius 3 is 2.79 bits per heavy atom. The van der Waals surface area contributed by atoms with Gasteiger partial charge in [-0.15, -0.1) is 16.7 Å². The van der Waals surface area contributed by atoms with Gasteiger partial charge >= 0.3 is 0 Å². The molecule has 0 radical (unpaired) electrons. The monoisotopic (exact) mass is 233 g/mol. The molecule has 0 spiro atoms.